The number of benzene rings is 2. The molecule has 11 heteroatoms. The second-order valence-corrected chi connectivity index (χ2v) is 10.1. The summed E-state index contributed by atoms with van der Waals surface area (Å²) in [6, 6.07) is 17.4. The number of amides is 2. The van der Waals surface area contributed by atoms with Crippen molar-refractivity contribution in [3.63, 3.8) is 0 Å². The topological polar surface area (TPSA) is 182 Å². The Bertz CT molecular complexity index is 1110. The molecular formula is C29H36N4O6Pt. The summed E-state index contributed by atoms with van der Waals surface area (Å²) >= 11 is 0. The number of carboxylic acids is 2. The van der Waals surface area contributed by atoms with Gasteiger partial charge in [0.05, 0.1) is 17.4 Å². The van der Waals surface area contributed by atoms with Gasteiger partial charge < -0.3 is 41.5 Å². The van der Waals surface area contributed by atoms with Gasteiger partial charge in [-0.15, -0.1) is 0 Å². The van der Waals surface area contributed by atoms with Crippen LogP contribution in [-0.4, -0.2) is 60.4 Å². The van der Waals surface area contributed by atoms with Crippen LogP contribution in [0.3, 0.4) is 0 Å². The quantitative estimate of drug-likeness (QED) is 0.328. The van der Waals surface area contributed by atoms with Crippen molar-refractivity contribution in [3.8, 4) is 11.1 Å². The van der Waals surface area contributed by atoms with Crippen molar-refractivity contribution in [2.24, 2.45) is 16.9 Å². The Kier molecular flexibility index (Phi) is 13.0. The van der Waals surface area contributed by atoms with Gasteiger partial charge in [0.2, 0.25) is 5.91 Å². The molecule has 2 aromatic rings. The van der Waals surface area contributed by atoms with E-state index in [9.17, 15) is 29.4 Å². The Morgan fingerprint density at radius 3 is 1.80 bits per heavy atom. The van der Waals surface area contributed by atoms with Crippen LogP contribution in [0.15, 0.2) is 54.6 Å². The first-order valence-corrected chi connectivity index (χ1v) is 13.3. The van der Waals surface area contributed by atoms with Crippen molar-refractivity contribution in [3.05, 3.63) is 60.2 Å². The van der Waals surface area contributed by atoms with Crippen LogP contribution in [0.2, 0.25) is 0 Å². The van der Waals surface area contributed by atoms with Crippen molar-refractivity contribution in [2.75, 3.05) is 19.6 Å². The summed E-state index contributed by atoms with van der Waals surface area (Å²) in [5.41, 5.74) is 11.8. The summed E-state index contributed by atoms with van der Waals surface area (Å²) in [7, 11) is 0. The van der Waals surface area contributed by atoms with Gasteiger partial charge in [0.15, 0.2) is 0 Å². The van der Waals surface area contributed by atoms with Gasteiger partial charge in [0.25, 0.3) is 5.91 Å². The number of rotatable bonds is 7. The van der Waals surface area contributed by atoms with Gasteiger partial charge in [-0.25, -0.2) is 0 Å². The minimum Gasteiger partial charge on any atom is -0.549 e. The third kappa shape index (κ3) is 8.71. The maximum absolute atomic E-state index is 12.3. The molecule has 1 saturated carbocycles. The minimum atomic E-state index is -2.06. The number of hydrogen-bond donors (Lipinski definition) is 3. The number of nitrogens with one attached hydrogen (secondary N) is 1. The molecular weight excluding hydrogens is 695 g/mol. The Morgan fingerprint density at radius 1 is 0.825 bits per heavy atom. The van der Waals surface area contributed by atoms with E-state index in [1.807, 2.05) is 42.5 Å². The maximum atomic E-state index is 12.3. The fourth-order valence-electron chi connectivity index (χ4n) is 4.81. The predicted molar refractivity (Wildman–Crippen MR) is 142 cm³/mol. The number of nitrogens with zero attached hydrogens (tertiary/aromatic N) is 1. The molecule has 2 aliphatic rings. The number of hydrogen-bond acceptors (Lipinski definition) is 8. The van der Waals surface area contributed by atoms with Crippen LogP contribution in [0.5, 0.6) is 0 Å². The normalized spacial score (nSPS) is 19.7. The zero-order chi connectivity index (χ0) is 28.4. The summed E-state index contributed by atoms with van der Waals surface area (Å²) in [5.74, 6) is -3.97. The van der Waals surface area contributed by atoms with Gasteiger partial charge in [-0.2, -0.15) is 0 Å². The molecule has 10 nitrogen and oxygen atoms in total. The maximum Gasteiger partial charge on any atom is 2.00 e. The molecule has 0 unspecified atom stereocenters. The molecule has 0 radical (unpaired) electrons. The van der Waals surface area contributed by atoms with Crippen LogP contribution >= 0.6 is 0 Å². The number of carbonyl (C=O) groups excluding carboxylic acids is 4. The molecule has 1 aliphatic carbocycles. The van der Waals surface area contributed by atoms with Crippen LogP contribution in [-0.2, 0) is 35.4 Å². The molecule has 0 spiro atoms. The molecule has 0 aromatic heterocycles. The fraction of sp³-hybridized carbons (Fsp3) is 0.448. The number of likely N-dealkylation sites (tertiary alicyclic amines) is 1. The predicted octanol–water partition coefficient (Wildman–Crippen LogP) is -0.205. The van der Waals surface area contributed by atoms with Crippen LogP contribution in [0, 0.1) is 5.41 Å². The molecule has 1 heterocycles. The fourth-order valence-corrected chi connectivity index (χ4v) is 4.81. The van der Waals surface area contributed by atoms with Crippen molar-refractivity contribution in [1.82, 2.24) is 10.2 Å². The van der Waals surface area contributed by atoms with E-state index in [0.29, 0.717) is 5.56 Å². The van der Waals surface area contributed by atoms with Gasteiger partial charge in [0.1, 0.15) is 0 Å². The minimum absolute atomic E-state index is 0. The summed E-state index contributed by atoms with van der Waals surface area (Å²) in [6.07, 6.45) is 4.30. The van der Waals surface area contributed by atoms with Gasteiger partial charge >= 0.3 is 21.1 Å². The Balaban J connectivity index is 0.000000535. The summed E-state index contributed by atoms with van der Waals surface area (Å²) in [5, 5.41) is 25.1. The first-order chi connectivity index (χ1) is 18.6. The second kappa shape index (κ2) is 15.6. The van der Waals surface area contributed by atoms with Gasteiger partial charge in [0, 0.05) is 43.7 Å². The molecule has 2 amide bonds. The summed E-state index contributed by atoms with van der Waals surface area (Å²) in [6.45, 7) is 0.0755. The SMILES string of the molecule is N[C@@H]1CCCC[C@H]1N.O=C(NCCC(=O)N1CCC(C(=O)[O-])(C(=O)[O-])CC1)c1ccc(-c2ccccc2)cc1.[Pt+2]. The molecule has 1 saturated heterocycles. The molecule has 2 aromatic carbocycles. The zero-order valence-corrected chi connectivity index (χ0v) is 24.6. The van der Waals surface area contributed by atoms with Crippen molar-refractivity contribution in [2.45, 2.75) is 57.0 Å². The van der Waals surface area contributed by atoms with Gasteiger partial charge in [-0.05, 0) is 48.9 Å². The third-order valence-electron chi connectivity index (χ3n) is 7.50. The third-order valence-corrected chi connectivity index (χ3v) is 7.50. The molecule has 218 valence electrons. The Morgan fingerprint density at radius 2 is 1.32 bits per heavy atom. The first kappa shape index (κ1) is 33.1. The standard InChI is InChI=1S/C23H24N2O6.C6H14N2.Pt/c26-19(25-14-11-23(12-15-25,21(28)29)22(30)31)10-13-24-20(27)18-8-6-17(7-9-18)16-4-2-1-3-5-16;7-5-3-1-2-4-6(5)8;/h1-9H,10-15H2,(H,24,27)(H,28,29)(H,30,31);5-6H,1-4,7-8H2;/q;;+2/p-2/t;5-,6-;/m.1./s1. The molecule has 40 heavy (non-hydrogen) atoms. The molecule has 1 aliphatic heterocycles. The zero-order valence-electron chi connectivity index (χ0n) is 22.3. The van der Waals surface area contributed by atoms with E-state index in [-0.39, 0.29) is 83.9 Å². The van der Waals surface area contributed by atoms with Crippen LogP contribution < -0.4 is 27.0 Å². The molecule has 2 atom stereocenters. The van der Waals surface area contributed by atoms with Crippen LogP contribution in [0.4, 0.5) is 0 Å². The van der Waals surface area contributed by atoms with E-state index in [4.69, 9.17) is 11.5 Å². The van der Waals surface area contributed by atoms with E-state index < -0.39 is 17.4 Å². The van der Waals surface area contributed by atoms with E-state index >= 15 is 0 Å². The number of nitrogens with two attached hydrogens (primary N) is 2. The molecule has 5 N–H and O–H groups in total. The second-order valence-electron chi connectivity index (χ2n) is 10.1. The molecule has 4 rings (SSSR count). The largest absolute Gasteiger partial charge is 2.00 e. The summed E-state index contributed by atoms with van der Waals surface area (Å²) in [4.78, 5) is 48.4. The van der Waals surface area contributed by atoms with Crippen molar-refractivity contribution >= 4 is 23.8 Å². The number of carboxylic acid groups (broad SMARTS) is 2. The average Bonchev–Trinajstić information content (AvgIpc) is 2.95. The smallest absolute Gasteiger partial charge is 0.549 e. The molecule has 2 fully saturated rings. The van der Waals surface area contributed by atoms with E-state index in [2.05, 4.69) is 5.32 Å². The number of piperidine rings is 1. The first-order valence-electron chi connectivity index (χ1n) is 13.3. The van der Waals surface area contributed by atoms with E-state index in [1.165, 1.54) is 17.7 Å². The van der Waals surface area contributed by atoms with Crippen molar-refractivity contribution in [1.29, 1.82) is 0 Å². The Labute approximate surface area is 248 Å². The number of aliphatic carboxylic acids is 2. The average molecular weight is 732 g/mol. The van der Waals surface area contributed by atoms with Crippen molar-refractivity contribution < 1.29 is 50.5 Å². The van der Waals surface area contributed by atoms with Crippen LogP contribution in [0.1, 0.15) is 55.3 Å². The summed E-state index contributed by atoms with van der Waals surface area (Å²) < 4.78 is 0. The van der Waals surface area contributed by atoms with Gasteiger partial charge in [-0.3, -0.25) is 9.59 Å². The number of carbonyl (C=O) groups is 4. The Hall–Kier alpha value is -3.07. The van der Waals surface area contributed by atoms with E-state index in [1.54, 1.807) is 12.1 Å². The van der Waals surface area contributed by atoms with Gasteiger partial charge in [-0.1, -0.05) is 55.3 Å². The van der Waals surface area contributed by atoms with Crippen LogP contribution in [0.25, 0.3) is 11.1 Å². The van der Waals surface area contributed by atoms with E-state index in [0.717, 1.165) is 24.0 Å². The molecule has 0 bridgehead atoms. The monoisotopic (exact) mass is 731 g/mol.